The summed E-state index contributed by atoms with van der Waals surface area (Å²) < 4.78 is 39.6. The molecule has 116 valence electrons. The summed E-state index contributed by atoms with van der Waals surface area (Å²) in [6.07, 6.45) is 0. The minimum absolute atomic E-state index is 0.120. The first kappa shape index (κ1) is 15.9. The quantitative estimate of drug-likeness (QED) is 0.676. The minimum Gasteiger partial charge on any atom is -0.283 e. The molecule has 2 aromatic rings. The van der Waals surface area contributed by atoms with E-state index in [9.17, 15) is 22.9 Å². The Labute approximate surface area is 126 Å². The van der Waals surface area contributed by atoms with Crippen molar-refractivity contribution in [1.82, 2.24) is 0 Å². The Morgan fingerprint density at radius 3 is 2.55 bits per heavy atom. The number of nitrogens with zero attached hydrogens (tertiary/aromatic N) is 1. The predicted molar refractivity (Wildman–Crippen MR) is 80.5 cm³/mol. The molecule has 0 bridgehead atoms. The molecule has 6 nitrogen and oxygen atoms in total. The third-order valence-corrected chi connectivity index (χ3v) is 4.18. The van der Waals surface area contributed by atoms with Crippen LogP contribution in [0, 0.1) is 22.9 Å². The van der Waals surface area contributed by atoms with Gasteiger partial charge in [-0.3, -0.25) is 14.8 Å². The molecule has 0 aliphatic carbocycles. The zero-order chi connectivity index (χ0) is 16.3. The Hall–Kier alpha value is -2.48. The fourth-order valence-corrected chi connectivity index (χ4v) is 3.18. The standard InChI is InChI=1S/C14H13FN2O4S/c1-10-7-13(17(18)19)5-6-14(10)16-22(20,21)9-11-3-2-4-12(15)8-11/h2-8,16H,9H2,1H3. The van der Waals surface area contributed by atoms with Crippen molar-refractivity contribution in [3.8, 4) is 0 Å². The molecule has 0 atom stereocenters. The maximum absolute atomic E-state index is 13.1. The number of benzene rings is 2. The first-order chi connectivity index (χ1) is 10.3. The second-order valence-corrected chi connectivity index (χ2v) is 6.47. The molecule has 0 aromatic heterocycles. The second kappa shape index (κ2) is 6.10. The Morgan fingerprint density at radius 1 is 1.23 bits per heavy atom. The van der Waals surface area contributed by atoms with Gasteiger partial charge >= 0.3 is 0 Å². The molecular formula is C14H13FN2O4S. The summed E-state index contributed by atoms with van der Waals surface area (Å²) >= 11 is 0. The first-order valence-electron chi connectivity index (χ1n) is 6.27. The minimum atomic E-state index is -3.75. The van der Waals surface area contributed by atoms with Crippen LogP contribution in [-0.2, 0) is 15.8 Å². The summed E-state index contributed by atoms with van der Waals surface area (Å²) in [5, 5.41) is 10.7. The number of non-ortho nitro benzene ring substituents is 1. The van der Waals surface area contributed by atoms with E-state index >= 15 is 0 Å². The molecule has 8 heteroatoms. The second-order valence-electron chi connectivity index (χ2n) is 4.75. The average molecular weight is 324 g/mol. The van der Waals surface area contributed by atoms with Crippen LogP contribution in [0.15, 0.2) is 42.5 Å². The zero-order valence-corrected chi connectivity index (χ0v) is 12.4. The number of nitro benzene ring substituents is 1. The summed E-state index contributed by atoms with van der Waals surface area (Å²) in [4.78, 5) is 10.1. The van der Waals surface area contributed by atoms with Gasteiger partial charge in [-0.2, -0.15) is 0 Å². The van der Waals surface area contributed by atoms with E-state index in [1.165, 1.54) is 36.4 Å². The highest BCUT2D eigenvalue weighted by molar-refractivity contribution is 7.91. The maximum Gasteiger partial charge on any atom is 0.269 e. The number of anilines is 1. The zero-order valence-electron chi connectivity index (χ0n) is 11.6. The SMILES string of the molecule is Cc1cc([N+](=O)[O-])ccc1NS(=O)(=O)Cc1cccc(F)c1. The highest BCUT2D eigenvalue weighted by Gasteiger charge is 2.15. The van der Waals surface area contributed by atoms with E-state index in [0.29, 0.717) is 11.1 Å². The van der Waals surface area contributed by atoms with E-state index in [-0.39, 0.29) is 17.1 Å². The van der Waals surface area contributed by atoms with Gasteiger partial charge in [0.2, 0.25) is 10.0 Å². The van der Waals surface area contributed by atoms with E-state index in [2.05, 4.69) is 4.72 Å². The van der Waals surface area contributed by atoms with Crippen molar-refractivity contribution >= 4 is 21.4 Å². The van der Waals surface area contributed by atoms with Crippen molar-refractivity contribution < 1.29 is 17.7 Å². The number of hydrogen-bond donors (Lipinski definition) is 1. The topological polar surface area (TPSA) is 89.3 Å². The van der Waals surface area contributed by atoms with Gasteiger partial charge in [-0.15, -0.1) is 0 Å². The number of rotatable bonds is 5. The molecule has 0 saturated carbocycles. The van der Waals surface area contributed by atoms with Crippen LogP contribution in [0.2, 0.25) is 0 Å². The highest BCUT2D eigenvalue weighted by Crippen LogP contribution is 2.23. The lowest BCUT2D eigenvalue weighted by Crippen LogP contribution is -2.16. The van der Waals surface area contributed by atoms with Crippen LogP contribution < -0.4 is 4.72 Å². The normalized spacial score (nSPS) is 11.2. The van der Waals surface area contributed by atoms with E-state index in [4.69, 9.17) is 0 Å². The number of hydrogen-bond acceptors (Lipinski definition) is 4. The molecule has 0 heterocycles. The summed E-state index contributed by atoms with van der Waals surface area (Å²) in [5.41, 5.74) is 0.872. The van der Waals surface area contributed by atoms with Crippen molar-refractivity contribution in [2.24, 2.45) is 0 Å². The van der Waals surface area contributed by atoms with Gasteiger partial charge in [-0.25, -0.2) is 12.8 Å². The lowest BCUT2D eigenvalue weighted by Gasteiger charge is -2.10. The Balaban J connectivity index is 2.20. The third-order valence-electron chi connectivity index (χ3n) is 2.93. The van der Waals surface area contributed by atoms with Gasteiger partial charge in [0, 0.05) is 12.1 Å². The number of nitro groups is 1. The van der Waals surface area contributed by atoms with E-state index in [1.54, 1.807) is 6.92 Å². The largest absolute Gasteiger partial charge is 0.283 e. The summed E-state index contributed by atoms with van der Waals surface area (Å²) in [5.74, 6) is -0.902. The fraction of sp³-hybridized carbons (Fsp3) is 0.143. The maximum atomic E-state index is 13.1. The average Bonchev–Trinajstić information content (AvgIpc) is 2.40. The van der Waals surface area contributed by atoms with Gasteiger partial charge in [-0.1, -0.05) is 12.1 Å². The van der Waals surface area contributed by atoms with Crippen LogP contribution in [0.1, 0.15) is 11.1 Å². The van der Waals surface area contributed by atoms with Gasteiger partial charge in [0.05, 0.1) is 16.4 Å². The lowest BCUT2D eigenvalue weighted by atomic mass is 10.2. The summed E-state index contributed by atoms with van der Waals surface area (Å²) in [6.45, 7) is 1.56. The van der Waals surface area contributed by atoms with Crippen LogP contribution in [0.3, 0.4) is 0 Å². The van der Waals surface area contributed by atoms with Gasteiger partial charge in [-0.05, 0) is 36.2 Å². The van der Waals surface area contributed by atoms with Gasteiger partial charge in [0.15, 0.2) is 0 Å². The number of nitrogens with one attached hydrogen (secondary N) is 1. The molecule has 0 unspecified atom stereocenters. The third kappa shape index (κ3) is 4.01. The molecule has 1 N–H and O–H groups in total. The van der Waals surface area contributed by atoms with Crippen LogP contribution in [0.5, 0.6) is 0 Å². The lowest BCUT2D eigenvalue weighted by molar-refractivity contribution is -0.384. The van der Waals surface area contributed by atoms with Crippen molar-refractivity contribution in [2.75, 3.05) is 4.72 Å². The number of aryl methyl sites for hydroxylation is 1. The van der Waals surface area contributed by atoms with Crippen LogP contribution in [0.4, 0.5) is 15.8 Å². The molecule has 0 aliphatic rings. The predicted octanol–water partition coefficient (Wildman–Crippen LogP) is 2.98. The Kier molecular flexibility index (Phi) is 4.41. The molecule has 0 radical (unpaired) electrons. The van der Waals surface area contributed by atoms with Crippen LogP contribution in [-0.4, -0.2) is 13.3 Å². The van der Waals surface area contributed by atoms with E-state index in [0.717, 1.165) is 6.07 Å². The molecule has 22 heavy (non-hydrogen) atoms. The van der Waals surface area contributed by atoms with Gasteiger partial charge < -0.3 is 0 Å². The fourth-order valence-electron chi connectivity index (χ4n) is 1.93. The number of halogens is 1. The first-order valence-corrected chi connectivity index (χ1v) is 7.92. The van der Waals surface area contributed by atoms with Crippen molar-refractivity contribution in [2.45, 2.75) is 12.7 Å². The molecule has 0 saturated heterocycles. The monoisotopic (exact) mass is 324 g/mol. The van der Waals surface area contributed by atoms with Crippen LogP contribution >= 0.6 is 0 Å². The van der Waals surface area contributed by atoms with Gasteiger partial charge in [0.1, 0.15) is 5.82 Å². The molecule has 0 amide bonds. The van der Waals surface area contributed by atoms with E-state index in [1.807, 2.05) is 0 Å². The summed E-state index contributed by atoms with van der Waals surface area (Å²) in [7, 11) is -3.75. The Morgan fingerprint density at radius 2 is 1.95 bits per heavy atom. The van der Waals surface area contributed by atoms with Crippen molar-refractivity contribution in [3.05, 3.63) is 69.5 Å². The number of sulfonamides is 1. The van der Waals surface area contributed by atoms with Crippen LogP contribution in [0.25, 0.3) is 0 Å². The molecule has 2 aromatic carbocycles. The smallest absolute Gasteiger partial charge is 0.269 e. The van der Waals surface area contributed by atoms with Crippen molar-refractivity contribution in [3.63, 3.8) is 0 Å². The highest BCUT2D eigenvalue weighted by atomic mass is 32.2. The summed E-state index contributed by atoms with van der Waals surface area (Å²) in [6, 6.07) is 9.12. The molecule has 0 fully saturated rings. The van der Waals surface area contributed by atoms with Gasteiger partial charge in [0.25, 0.3) is 5.69 Å². The Bertz CT molecular complexity index is 821. The molecule has 0 spiro atoms. The molecular weight excluding hydrogens is 311 g/mol. The molecule has 0 aliphatic heterocycles. The van der Waals surface area contributed by atoms with Crippen molar-refractivity contribution in [1.29, 1.82) is 0 Å². The van der Waals surface area contributed by atoms with E-state index < -0.39 is 20.8 Å². The molecule has 2 rings (SSSR count).